The number of sulfonamides is 1. The van der Waals surface area contributed by atoms with Crippen molar-refractivity contribution in [3.8, 4) is 0 Å². The first-order valence-electron chi connectivity index (χ1n) is 6.73. The van der Waals surface area contributed by atoms with E-state index in [-0.39, 0.29) is 30.6 Å². The fourth-order valence-electron chi connectivity index (χ4n) is 1.86. The van der Waals surface area contributed by atoms with Gasteiger partial charge in [-0.15, -0.1) is 0 Å². The molecule has 21 heavy (non-hydrogen) atoms. The summed E-state index contributed by atoms with van der Waals surface area (Å²) in [5.74, 6) is -0.990. The fraction of sp³-hybridized carbons (Fsp3) is 0.462. The minimum absolute atomic E-state index is 0.0498. The van der Waals surface area contributed by atoms with E-state index < -0.39 is 20.7 Å². The quantitative estimate of drug-likeness (QED) is 0.510. The summed E-state index contributed by atoms with van der Waals surface area (Å²) in [4.78, 5) is 10.9. The van der Waals surface area contributed by atoms with Crippen LogP contribution in [0.1, 0.15) is 25.7 Å². The van der Waals surface area contributed by atoms with Gasteiger partial charge < -0.3 is 11.1 Å². The molecule has 0 saturated heterocycles. The van der Waals surface area contributed by atoms with Crippen LogP contribution in [0.2, 0.25) is 0 Å². The second kappa shape index (κ2) is 6.40. The lowest BCUT2D eigenvalue weighted by Gasteiger charge is -2.10. The molecular formula is C13H18FN3O3S. The zero-order chi connectivity index (χ0) is 15.5. The molecule has 1 aromatic carbocycles. The maximum Gasteiger partial charge on any atom is 0.245 e. The summed E-state index contributed by atoms with van der Waals surface area (Å²) >= 11 is 0. The van der Waals surface area contributed by atoms with Gasteiger partial charge in [0.15, 0.2) is 0 Å². The predicted octanol–water partition coefficient (Wildman–Crippen LogP) is 0.745. The van der Waals surface area contributed by atoms with E-state index >= 15 is 0 Å². The van der Waals surface area contributed by atoms with E-state index in [1.54, 1.807) is 0 Å². The van der Waals surface area contributed by atoms with Crippen molar-refractivity contribution in [3.63, 3.8) is 0 Å². The highest BCUT2D eigenvalue weighted by Gasteiger charge is 2.23. The summed E-state index contributed by atoms with van der Waals surface area (Å²) < 4.78 is 39.8. The van der Waals surface area contributed by atoms with Gasteiger partial charge >= 0.3 is 0 Å². The average Bonchev–Trinajstić information content (AvgIpc) is 3.18. The zero-order valence-corrected chi connectivity index (χ0v) is 12.2. The molecule has 116 valence electrons. The van der Waals surface area contributed by atoms with Crippen molar-refractivity contribution in [2.75, 3.05) is 12.3 Å². The molecule has 0 bridgehead atoms. The van der Waals surface area contributed by atoms with E-state index in [2.05, 4.69) is 10.0 Å². The highest BCUT2D eigenvalue weighted by Crippen LogP contribution is 2.21. The van der Waals surface area contributed by atoms with Crippen LogP contribution in [-0.4, -0.2) is 26.9 Å². The van der Waals surface area contributed by atoms with Gasteiger partial charge in [0.05, 0.1) is 5.69 Å². The van der Waals surface area contributed by atoms with Crippen LogP contribution in [0.4, 0.5) is 10.1 Å². The monoisotopic (exact) mass is 315 g/mol. The fourth-order valence-corrected chi connectivity index (χ4v) is 3.12. The largest absolute Gasteiger partial charge is 0.398 e. The van der Waals surface area contributed by atoms with Crippen LogP contribution in [0.3, 0.4) is 0 Å². The van der Waals surface area contributed by atoms with Gasteiger partial charge in [0, 0.05) is 19.0 Å². The molecule has 1 saturated carbocycles. The van der Waals surface area contributed by atoms with Crippen LogP contribution in [0.25, 0.3) is 0 Å². The number of carbonyl (C=O) groups excluding carboxylic acids is 1. The molecule has 1 amide bonds. The first kappa shape index (κ1) is 15.7. The van der Waals surface area contributed by atoms with E-state index in [1.807, 2.05) is 0 Å². The van der Waals surface area contributed by atoms with Crippen LogP contribution in [0, 0.1) is 5.82 Å². The van der Waals surface area contributed by atoms with E-state index in [1.165, 1.54) is 12.1 Å². The highest BCUT2D eigenvalue weighted by atomic mass is 32.2. The number of amides is 1. The first-order valence-corrected chi connectivity index (χ1v) is 8.21. The number of anilines is 1. The molecule has 0 aromatic heterocycles. The third-order valence-corrected chi connectivity index (χ3v) is 4.63. The topological polar surface area (TPSA) is 101 Å². The zero-order valence-electron chi connectivity index (χ0n) is 11.4. The summed E-state index contributed by atoms with van der Waals surface area (Å²) in [5.41, 5.74) is 5.35. The minimum Gasteiger partial charge on any atom is -0.398 e. The summed E-state index contributed by atoms with van der Waals surface area (Å²) in [6.45, 7) is 0.0498. The molecule has 1 aromatic rings. The van der Waals surface area contributed by atoms with Gasteiger partial charge in [0.25, 0.3) is 0 Å². The normalized spacial score (nSPS) is 14.9. The second-order valence-corrected chi connectivity index (χ2v) is 6.71. The molecule has 0 heterocycles. The molecule has 4 N–H and O–H groups in total. The Morgan fingerprint density at radius 3 is 2.71 bits per heavy atom. The molecule has 0 radical (unpaired) electrons. The van der Waals surface area contributed by atoms with Gasteiger partial charge in [0.2, 0.25) is 15.9 Å². The van der Waals surface area contributed by atoms with Crippen molar-refractivity contribution in [2.45, 2.75) is 36.6 Å². The van der Waals surface area contributed by atoms with Crippen LogP contribution in [0.5, 0.6) is 0 Å². The van der Waals surface area contributed by atoms with Crippen molar-refractivity contribution in [2.24, 2.45) is 0 Å². The molecule has 0 atom stereocenters. The van der Waals surface area contributed by atoms with Crippen LogP contribution in [-0.2, 0) is 14.8 Å². The third-order valence-electron chi connectivity index (χ3n) is 3.08. The molecule has 1 aliphatic rings. The summed E-state index contributed by atoms with van der Waals surface area (Å²) in [5, 5.41) is 2.81. The summed E-state index contributed by atoms with van der Waals surface area (Å²) in [6.07, 6.45) is 2.58. The van der Waals surface area contributed by atoms with Crippen molar-refractivity contribution in [1.82, 2.24) is 10.0 Å². The first-order chi connectivity index (χ1) is 9.90. The van der Waals surface area contributed by atoms with Crippen LogP contribution in [0.15, 0.2) is 23.1 Å². The Morgan fingerprint density at radius 1 is 1.38 bits per heavy atom. The van der Waals surface area contributed by atoms with E-state index in [0.717, 1.165) is 18.9 Å². The Morgan fingerprint density at radius 2 is 2.10 bits per heavy atom. The lowest BCUT2D eigenvalue weighted by molar-refractivity contribution is -0.121. The van der Waals surface area contributed by atoms with Gasteiger partial charge in [-0.25, -0.2) is 17.5 Å². The molecule has 2 rings (SSSR count). The molecular weight excluding hydrogens is 297 g/mol. The average molecular weight is 315 g/mol. The van der Waals surface area contributed by atoms with E-state index in [4.69, 9.17) is 5.73 Å². The maximum absolute atomic E-state index is 13.6. The van der Waals surface area contributed by atoms with E-state index in [0.29, 0.717) is 6.42 Å². The summed E-state index contributed by atoms with van der Waals surface area (Å²) in [7, 11) is -4.01. The predicted molar refractivity (Wildman–Crippen MR) is 76.4 cm³/mol. The molecule has 1 fully saturated rings. The van der Waals surface area contributed by atoms with Crippen LogP contribution < -0.4 is 15.8 Å². The summed E-state index contributed by atoms with van der Waals surface area (Å²) in [6, 6.07) is 3.98. The minimum atomic E-state index is -4.01. The van der Waals surface area contributed by atoms with Gasteiger partial charge in [0.1, 0.15) is 10.7 Å². The molecule has 8 heteroatoms. The second-order valence-electron chi connectivity index (χ2n) is 5.00. The Bertz CT molecular complexity index is 609. The Hall–Kier alpha value is -1.67. The third kappa shape index (κ3) is 4.40. The van der Waals surface area contributed by atoms with Crippen LogP contribution >= 0.6 is 0 Å². The number of nitrogen functional groups attached to an aromatic ring is 1. The number of carbonyl (C=O) groups is 1. The van der Waals surface area contributed by atoms with Crippen molar-refractivity contribution in [3.05, 3.63) is 24.0 Å². The lowest BCUT2D eigenvalue weighted by atomic mass is 10.3. The van der Waals surface area contributed by atoms with Gasteiger partial charge in [-0.1, -0.05) is 6.07 Å². The molecule has 0 aliphatic heterocycles. The van der Waals surface area contributed by atoms with Crippen molar-refractivity contribution >= 4 is 21.6 Å². The Kier molecular flexibility index (Phi) is 4.79. The highest BCUT2D eigenvalue weighted by molar-refractivity contribution is 7.89. The molecule has 6 nitrogen and oxygen atoms in total. The van der Waals surface area contributed by atoms with Gasteiger partial charge in [-0.05, 0) is 31.4 Å². The number of hydrogen-bond donors (Lipinski definition) is 3. The molecule has 0 unspecified atom stereocenters. The number of benzene rings is 1. The van der Waals surface area contributed by atoms with Gasteiger partial charge in [-0.3, -0.25) is 4.79 Å². The molecule has 1 aliphatic carbocycles. The lowest BCUT2D eigenvalue weighted by Crippen LogP contribution is -2.29. The maximum atomic E-state index is 13.6. The van der Waals surface area contributed by atoms with Gasteiger partial charge in [-0.2, -0.15) is 0 Å². The number of halogens is 1. The SMILES string of the molecule is Nc1cccc(F)c1S(=O)(=O)NCCCC(=O)NC1CC1. The smallest absolute Gasteiger partial charge is 0.245 e. The van der Waals surface area contributed by atoms with E-state index in [9.17, 15) is 17.6 Å². The number of rotatable bonds is 7. The number of nitrogens with one attached hydrogen (secondary N) is 2. The number of nitrogens with two attached hydrogens (primary N) is 1. The molecule has 0 spiro atoms. The van der Waals surface area contributed by atoms with Crippen molar-refractivity contribution < 1.29 is 17.6 Å². The number of hydrogen-bond acceptors (Lipinski definition) is 4. The Balaban J connectivity index is 1.85. The Labute approximate surface area is 123 Å². The van der Waals surface area contributed by atoms with Crippen molar-refractivity contribution in [1.29, 1.82) is 0 Å². The standard InChI is InChI=1S/C13H18FN3O3S/c14-10-3-1-4-11(15)13(10)21(19,20)16-8-2-5-12(18)17-9-6-7-9/h1,3-4,9,16H,2,5-8,15H2,(H,17,18).